The maximum Gasteiger partial charge on any atom is 0.0722 e. The zero-order chi connectivity index (χ0) is 11.2. The maximum absolute atomic E-state index is 4.35. The van der Waals surface area contributed by atoms with Crippen LogP contribution in [0.2, 0.25) is 0 Å². The van der Waals surface area contributed by atoms with Gasteiger partial charge in [-0.15, -0.1) is 0 Å². The lowest BCUT2D eigenvalue weighted by Crippen LogP contribution is -2.01. The number of benzene rings is 1. The summed E-state index contributed by atoms with van der Waals surface area (Å²) in [6, 6.07) is 10.3. The molecule has 0 saturated carbocycles. The van der Waals surface area contributed by atoms with Gasteiger partial charge in [-0.25, -0.2) is 0 Å². The fraction of sp³-hybridized carbons (Fsp3) is 0.357. The van der Waals surface area contributed by atoms with E-state index in [0.717, 1.165) is 12.1 Å². The lowest BCUT2D eigenvalue weighted by Gasteiger charge is -2.08. The number of rotatable bonds is 5. The fourth-order valence-corrected chi connectivity index (χ4v) is 1.85. The van der Waals surface area contributed by atoms with Gasteiger partial charge >= 0.3 is 0 Å². The van der Waals surface area contributed by atoms with Crippen molar-refractivity contribution in [3.63, 3.8) is 0 Å². The predicted octanol–water partition coefficient (Wildman–Crippen LogP) is 3.84. The number of unbranched alkanes of at least 4 members (excludes halogenated alkanes) is 2. The zero-order valence-corrected chi connectivity index (χ0v) is 9.74. The first-order valence-corrected chi connectivity index (χ1v) is 5.99. The molecule has 0 aliphatic rings. The van der Waals surface area contributed by atoms with Gasteiger partial charge in [0.15, 0.2) is 0 Å². The van der Waals surface area contributed by atoms with Crippen LogP contribution in [-0.2, 0) is 0 Å². The van der Waals surface area contributed by atoms with E-state index in [9.17, 15) is 0 Å². The maximum atomic E-state index is 4.35. The number of para-hydroxylation sites is 1. The highest BCUT2D eigenvalue weighted by Crippen LogP contribution is 2.20. The Kier molecular flexibility index (Phi) is 3.76. The van der Waals surface area contributed by atoms with E-state index in [0.29, 0.717) is 0 Å². The standard InChI is InChI=1S/C14H18N2/c1-2-3-6-10-15-14-9-11-16-13-8-5-4-7-12(13)14/h4-5,7-9,11H,2-3,6,10H2,1H3,(H,15,16). The molecule has 0 atom stereocenters. The monoisotopic (exact) mass is 214 g/mol. The van der Waals surface area contributed by atoms with E-state index >= 15 is 0 Å². The smallest absolute Gasteiger partial charge is 0.0722 e. The summed E-state index contributed by atoms with van der Waals surface area (Å²) in [5.41, 5.74) is 2.25. The van der Waals surface area contributed by atoms with E-state index in [-0.39, 0.29) is 0 Å². The van der Waals surface area contributed by atoms with Crippen LogP contribution in [0.5, 0.6) is 0 Å². The summed E-state index contributed by atoms with van der Waals surface area (Å²) >= 11 is 0. The minimum atomic E-state index is 1.04. The average molecular weight is 214 g/mol. The summed E-state index contributed by atoms with van der Waals surface area (Å²) < 4.78 is 0. The second-order valence-corrected chi connectivity index (χ2v) is 4.01. The number of fused-ring (bicyclic) bond motifs is 1. The SMILES string of the molecule is CCCCCNc1ccnc2ccccc12. The number of anilines is 1. The average Bonchev–Trinajstić information content (AvgIpc) is 2.35. The molecule has 84 valence electrons. The number of nitrogens with one attached hydrogen (secondary N) is 1. The Bertz CT molecular complexity index is 446. The molecule has 1 aromatic carbocycles. The summed E-state index contributed by atoms with van der Waals surface area (Å²) in [6.45, 7) is 3.27. The molecule has 2 nitrogen and oxygen atoms in total. The van der Waals surface area contributed by atoms with Gasteiger partial charge in [0.05, 0.1) is 5.52 Å². The second-order valence-electron chi connectivity index (χ2n) is 4.01. The molecule has 1 heterocycles. The fourth-order valence-electron chi connectivity index (χ4n) is 1.85. The molecule has 0 unspecified atom stereocenters. The highest BCUT2D eigenvalue weighted by molar-refractivity contribution is 5.90. The Morgan fingerprint density at radius 2 is 2.00 bits per heavy atom. The normalized spacial score (nSPS) is 10.6. The molecule has 2 heteroatoms. The van der Waals surface area contributed by atoms with Crippen LogP contribution in [-0.4, -0.2) is 11.5 Å². The number of pyridine rings is 1. The van der Waals surface area contributed by atoms with Crippen molar-refractivity contribution in [1.82, 2.24) is 4.98 Å². The molecule has 0 spiro atoms. The lowest BCUT2D eigenvalue weighted by atomic mass is 10.2. The first-order chi connectivity index (χ1) is 7.92. The van der Waals surface area contributed by atoms with Crippen LogP contribution in [0.1, 0.15) is 26.2 Å². The lowest BCUT2D eigenvalue weighted by molar-refractivity contribution is 0.744. The molecule has 0 saturated heterocycles. The molecule has 0 aliphatic carbocycles. The van der Waals surface area contributed by atoms with Gasteiger partial charge in [-0.1, -0.05) is 38.0 Å². The van der Waals surface area contributed by atoms with Crippen LogP contribution in [0.3, 0.4) is 0 Å². The van der Waals surface area contributed by atoms with Gasteiger partial charge < -0.3 is 5.32 Å². The Morgan fingerprint density at radius 3 is 2.88 bits per heavy atom. The second kappa shape index (κ2) is 5.50. The molecule has 0 radical (unpaired) electrons. The van der Waals surface area contributed by atoms with E-state index in [1.807, 2.05) is 24.4 Å². The number of aromatic nitrogens is 1. The van der Waals surface area contributed by atoms with Crippen LogP contribution in [0.25, 0.3) is 10.9 Å². The highest BCUT2D eigenvalue weighted by atomic mass is 14.9. The van der Waals surface area contributed by atoms with Gasteiger partial charge in [0, 0.05) is 23.8 Å². The van der Waals surface area contributed by atoms with Crippen molar-refractivity contribution in [3.05, 3.63) is 36.5 Å². The summed E-state index contributed by atoms with van der Waals surface area (Å²) in [7, 11) is 0. The molecule has 2 aromatic rings. The van der Waals surface area contributed by atoms with E-state index in [1.165, 1.54) is 30.3 Å². The molecule has 2 rings (SSSR count). The third-order valence-electron chi connectivity index (χ3n) is 2.74. The van der Waals surface area contributed by atoms with Crippen LogP contribution < -0.4 is 5.32 Å². The molecule has 16 heavy (non-hydrogen) atoms. The van der Waals surface area contributed by atoms with Crippen molar-refractivity contribution >= 4 is 16.6 Å². The number of nitrogens with zero attached hydrogens (tertiary/aromatic N) is 1. The Morgan fingerprint density at radius 1 is 1.12 bits per heavy atom. The summed E-state index contributed by atoms with van der Waals surface area (Å²) in [4.78, 5) is 4.35. The molecular formula is C14H18N2. The topological polar surface area (TPSA) is 24.9 Å². The van der Waals surface area contributed by atoms with E-state index in [4.69, 9.17) is 0 Å². The van der Waals surface area contributed by atoms with E-state index < -0.39 is 0 Å². The van der Waals surface area contributed by atoms with Crippen LogP contribution in [0, 0.1) is 0 Å². The van der Waals surface area contributed by atoms with E-state index in [1.54, 1.807) is 0 Å². The van der Waals surface area contributed by atoms with Crippen molar-refractivity contribution in [2.75, 3.05) is 11.9 Å². The number of hydrogen-bond donors (Lipinski definition) is 1. The molecule has 0 amide bonds. The molecule has 0 fully saturated rings. The van der Waals surface area contributed by atoms with Crippen LogP contribution in [0.4, 0.5) is 5.69 Å². The Hall–Kier alpha value is -1.57. The summed E-state index contributed by atoms with van der Waals surface area (Å²) in [5, 5.41) is 4.69. The molecule has 1 aromatic heterocycles. The third-order valence-corrected chi connectivity index (χ3v) is 2.74. The first kappa shape index (κ1) is 10.9. The largest absolute Gasteiger partial charge is 0.384 e. The highest BCUT2D eigenvalue weighted by Gasteiger charge is 1.99. The quantitative estimate of drug-likeness (QED) is 0.765. The van der Waals surface area contributed by atoms with Crippen molar-refractivity contribution in [2.45, 2.75) is 26.2 Å². The first-order valence-electron chi connectivity index (χ1n) is 5.99. The van der Waals surface area contributed by atoms with Crippen molar-refractivity contribution in [3.8, 4) is 0 Å². The van der Waals surface area contributed by atoms with E-state index in [2.05, 4.69) is 29.4 Å². The minimum absolute atomic E-state index is 1.04. The van der Waals surface area contributed by atoms with Crippen LogP contribution >= 0.6 is 0 Å². The summed E-state index contributed by atoms with van der Waals surface area (Å²) in [5.74, 6) is 0. The van der Waals surface area contributed by atoms with Gasteiger partial charge in [0.1, 0.15) is 0 Å². The molecule has 1 N–H and O–H groups in total. The molecule has 0 aliphatic heterocycles. The predicted molar refractivity (Wildman–Crippen MR) is 69.8 cm³/mol. The van der Waals surface area contributed by atoms with Crippen molar-refractivity contribution in [2.24, 2.45) is 0 Å². The van der Waals surface area contributed by atoms with Crippen molar-refractivity contribution in [1.29, 1.82) is 0 Å². The summed E-state index contributed by atoms with van der Waals surface area (Å²) in [6.07, 6.45) is 5.65. The van der Waals surface area contributed by atoms with Gasteiger partial charge in [0.25, 0.3) is 0 Å². The minimum Gasteiger partial charge on any atom is -0.384 e. The molecule has 0 bridgehead atoms. The van der Waals surface area contributed by atoms with Gasteiger partial charge in [-0.2, -0.15) is 0 Å². The third kappa shape index (κ3) is 2.51. The van der Waals surface area contributed by atoms with Gasteiger partial charge in [0.2, 0.25) is 0 Å². The Labute approximate surface area is 96.7 Å². The zero-order valence-electron chi connectivity index (χ0n) is 9.74. The Balaban J connectivity index is 2.11. The number of hydrogen-bond acceptors (Lipinski definition) is 2. The van der Waals surface area contributed by atoms with Gasteiger partial charge in [-0.3, -0.25) is 4.98 Å². The van der Waals surface area contributed by atoms with Crippen LogP contribution in [0.15, 0.2) is 36.5 Å². The van der Waals surface area contributed by atoms with Crippen molar-refractivity contribution < 1.29 is 0 Å². The van der Waals surface area contributed by atoms with Gasteiger partial charge in [-0.05, 0) is 18.6 Å². The molecular weight excluding hydrogens is 196 g/mol.